The van der Waals surface area contributed by atoms with Crippen molar-refractivity contribution >= 4 is 30.3 Å². The Bertz CT molecular complexity index is 784. The molecular weight excluding hydrogens is 387 g/mol. The first-order valence-electron chi connectivity index (χ1n) is 9.40. The number of rotatable bonds is 3. The summed E-state index contributed by atoms with van der Waals surface area (Å²) in [6, 6.07) is 5.35. The van der Waals surface area contributed by atoms with Crippen molar-refractivity contribution in [3.63, 3.8) is 0 Å². The third-order valence-electron chi connectivity index (χ3n) is 5.79. The van der Waals surface area contributed by atoms with E-state index in [9.17, 15) is 18.8 Å². The van der Waals surface area contributed by atoms with Gasteiger partial charge in [-0.25, -0.2) is 9.18 Å². The summed E-state index contributed by atoms with van der Waals surface area (Å²) in [6.45, 7) is 1.27. The molecule has 0 aromatic heterocycles. The zero-order chi connectivity index (χ0) is 19.0. The van der Waals surface area contributed by atoms with E-state index >= 15 is 0 Å². The molecule has 1 unspecified atom stereocenters. The molecule has 2 N–H and O–H groups in total. The highest BCUT2D eigenvalue weighted by Gasteiger charge is 2.53. The largest absolute Gasteiger partial charge is 0.332 e. The predicted octanol–water partition coefficient (Wildman–Crippen LogP) is 1.58. The molecule has 2 heterocycles. The number of amides is 4. The topological polar surface area (TPSA) is 81.8 Å². The molecule has 0 radical (unpaired) electrons. The number of hydrogen-bond acceptors (Lipinski definition) is 4. The monoisotopic (exact) mass is 410 g/mol. The van der Waals surface area contributed by atoms with E-state index in [1.807, 2.05) is 0 Å². The smallest absolute Gasteiger partial charge is 0.325 e. The number of benzene rings is 1. The molecule has 152 valence electrons. The van der Waals surface area contributed by atoms with Crippen LogP contribution in [0.1, 0.15) is 37.3 Å². The zero-order valence-corrected chi connectivity index (χ0v) is 16.3. The van der Waals surface area contributed by atoms with E-state index in [1.54, 1.807) is 17.0 Å². The van der Waals surface area contributed by atoms with E-state index in [0.29, 0.717) is 38.0 Å². The lowest BCUT2D eigenvalue weighted by molar-refractivity contribution is -0.140. The summed E-state index contributed by atoms with van der Waals surface area (Å²) >= 11 is 0. The van der Waals surface area contributed by atoms with Gasteiger partial charge in [0.1, 0.15) is 17.9 Å². The van der Waals surface area contributed by atoms with Crippen molar-refractivity contribution in [3.8, 4) is 0 Å². The van der Waals surface area contributed by atoms with Crippen LogP contribution in [0.4, 0.5) is 9.18 Å². The minimum atomic E-state index is -0.817. The molecule has 4 amide bonds. The highest BCUT2D eigenvalue weighted by atomic mass is 35.5. The van der Waals surface area contributed by atoms with Crippen LogP contribution in [-0.4, -0.2) is 59.4 Å². The van der Waals surface area contributed by atoms with Gasteiger partial charge in [-0.1, -0.05) is 25.0 Å². The van der Waals surface area contributed by atoms with Crippen LogP contribution < -0.4 is 10.6 Å². The van der Waals surface area contributed by atoms with Crippen LogP contribution in [0.15, 0.2) is 24.3 Å². The first kappa shape index (κ1) is 20.5. The lowest BCUT2D eigenvalue weighted by Gasteiger charge is -2.37. The van der Waals surface area contributed by atoms with Crippen LogP contribution in [0.2, 0.25) is 0 Å². The minimum absolute atomic E-state index is 0. The van der Waals surface area contributed by atoms with Crippen LogP contribution in [0.3, 0.4) is 0 Å². The van der Waals surface area contributed by atoms with Gasteiger partial charge in [0.2, 0.25) is 5.91 Å². The SMILES string of the molecule is Cl.O=C1NC2(CCCC2)C(=O)N1CC(=O)N1CCNCC1c1cccc(F)c1. The van der Waals surface area contributed by atoms with Crippen LogP contribution in [0, 0.1) is 5.82 Å². The van der Waals surface area contributed by atoms with E-state index < -0.39 is 11.6 Å². The second kappa shape index (κ2) is 8.05. The lowest BCUT2D eigenvalue weighted by Crippen LogP contribution is -2.52. The second-order valence-corrected chi connectivity index (χ2v) is 7.47. The van der Waals surface area contributed by atoms with E-state index in [2.05, 4.69) is 10.6 Å². The molecule has 2 aliphatic heterocycles. The normalized spacial score (nSPS) is 23.7. The van der Waals surface area contributed by atoms with Crippen molar-refractivity contribution < 1.29 is 18.8 Å². The number of piperazine rings is 1. The summed E-state index contributed by atoms with van der Waals surface area (Å²) in [5.41, 5.74) is -0.122. The average Bonchev–Trinajstić information content (AvgIpc) is 3.22. The van der Waals surface area contributed by atoms with Crippen molar-refractivity contribution in [2.45, 2.75) is 37.3 Å². The summed E-state index contributed by atoms with van der Waals surface area (Å²) in [7, 11) is 0. The Morgan fingerprint density at radius 2 is 2.00 bits per heavy atom. The Labute approximate surface area is 169 Å². The first-order valence-corrected chi connectivity index (χ1v) is 9.40. The van der Waals surface area contributed by atoms with Crippen LogP contribution >= 0.6 is 12.4 Å². The van der Waals surface area contributed by atoms with Gasteiger partial charge in [0.15, 0.2) is 0 Å². The van der Waals surface area contributed by atoms with Gasteiger partial charge in [-0.15, -0.1) is 12.4 Å². The van der Waals surface area contributed by atoms with Gasteiger partial charge >= 0.3 is 6.03 Å². The molecule has 1 aromatic carbocycles. The van der Waals surface area contributed by atoms with Gasteiger partial charge in [0.05, 0.1) is 6.04 Å². The Balaban J connectivity index is 0.00000225. The summed E-state index contributed by atoms with van der Waals surface area (Å²) < 4.78 is 13.6. The summed E-state index contributed by atoms with van der Waals surface area (Å²) in [4.78, 5) is 40.7. The van der Waals surface area contributed by atoms with Gasteiger partial charge in [-0.2, -0.15) is 0 Å². The number of imide groups is 1. The molecule has 28 heavy (non-hydrogen) atoms. The molecule has 9 heteroatoms. The molecule has 1 atom stereocenters. The Kier molecular flexibility index (Phi) is 5.90. The van der Waals surface area contributed by atoms with E-state index in [0.717, 1.165) is 17.7 Å². The van der Waals surface area contributed by atoms with Crippen LogP contribution in [0.5, 0.6) is 0 Å². The fraction of sp³-hybridized carbons (Fsp3) is 0.526. The average molecular weight is 411 g/mol. The number of nitrogens with zero attached hydrogens (tertiary/aromatic N) is 2. The fourth-order valence-corrected chi connectivity index (χ4v) is 4.38. The first-order chi connectivity index (χ1) is 13.0. The maximum absolute atomic E-state index is 13.6. The summed E-state index contributed by atoms with van der Waals surface area (Å²) in [6.07, 6.45) is 3.05. The summed E-state index contributed by atoms with van der Waals surface area (Å²) in [5, 5.41) is 6.00. The third-order valence-corrected chi connectivity index (χ3v) is 5.79. The predicted molar refractivity (Wildman–Crippen MR) is 102 cm³/mol. The molecule has 0 bridgehead atoms. The van der Waals surface area contributed by atoms with E-state index in [1.165, 1.54) is 12.1 Å². The van der Waals surface area contributed by atoms with Crippen molar-refractivity contribution in [2.75, 3.05) is 26.2 Å². The Hall–Kier alpha value is -2.19. The zero-order valence-electron chi connectivity index (χ0n) is 15.4. The second-order valence-electron chi connectivity index (χ2n) is 7.47. The van der Waals surface area contributed by atoms with Crippen LogP contribution in [-0.2, 0) is 9.59 Å². The van der Waals surface area contributed by atoms with Crippen molar-refractivity contribution in [1.29, 1.82) is 0 Å². The molecule has 1 saturated carbocycles. The van der Waals surface area contributed by atoms with Gasteiger partial charge in [0.25, 0.3) is 5.91 Å². The Morgan fingerprint density at radius 3 is 2.71 bits per heavy atom. The minimum Gasteiger partial charge on any atom is -0.332 e. The van der Waals surface area contributed by atoms with Gasteiger partial charge in [-0.3, -0.25) is 14.5 Å². The molecule has 7 nitrogen and oxygen atoms in total. The molecule has 3 fully saturated rings. The third kappa shape index (κ3) is 3.58. The molecular formula is C19H24ClFN4O3. The Morgan fingerprint density at radius 1 is 1.25 bits per heavy atom. The van der Waals surface area contributed by atoms with Gasteiger partial charge in [0, 0.05) is 19.6 Å². The van der Waals surface area contributed by atoms with E-state index in [4.69, 9.17) is 0 Å². The lowest BCUT2D eigenvalue weighted by atomic mass is 9.98. The molecule has 1 aliphatic carbocycles. The van der Waals surface area contributed by atoms with Gasteiger partial charge in [-0.05, 0) is 30.5 Å². The van der Waals surface area contributed by atoms with Crippen molar-refractivity contribution in [2.24, 2.45) is 0 Å². The van der Waals surface area contributed by atoms with Gasteiger partial charge < -0.3 is 15.5 Å². The highest BCUT2D eigenvalue weighted by molar-refractivity contribution is 6.09. The number of carbonyl (C=O) groups excluding carboxylic acids is 3. The molecule has 4 rings (SSSR count). The number of halogens is 2. The number of urea groups is 1. The van der Waals surface area contributed by atoms with Crippen molar-refractivity contribution in [1.82, 2.24) is 20.4 Å². The number of carbonyl (C=O) groups is 3. The number of hydrogen-bond donors (Lipinski definition) is 2. The molecule has 2 saturated heterocycles. The molecule has 1 spiro atoms. The fourth-order valence-electron chi connectivity index (χ4n) is 4.38. The maximum Gasteiger partial charge on any atom is 0.325 e. The van der Waals surface area contributed by atoms with E-state index in [-0.39, 0.29) is 42.6 Å². The highest BCUT2D eigenvalue weighted by Crippen LogP contribution is 2.35. The molecule has 1 aromatic rings. The number of nitrogens with one attached hydrogen (secondary N) is 2. The standard InChI is InChI=1S/C19H23FN4O3.ClH/c20-14-5-3-4-13(10-14)15-11-21-8-9-23(15)16(25)12-24-17(26)19(22-18(24)27)6-1-2-7-19;/h3-5,10,15,21H,1-2,6-9,11-12H2,(H,22,27);1H. The van der Waals surface area contributed by atoms with Crippen molar-refractivity contribution in [3.05, 3.63) is 35.6 Å². The quantitative estimate of drug-likeness (QED) is 0.741. The van der Waals surface area contributed by atoms with Crippen LogP contribution in [0.25, 0.3) is 0 Å². The maximum atomic E-state index is 13.6. The molecule has 3 aliphatic rings. The summed E-state index contributed by atoms with van der Waals surface area (Å²) in [5.74, 6) is -0.956.